The van der Waals surface area contributed by atoms with E-state index >= 15 is 0 Å². The van der Waals surface area contributed by atoms with Crippen LogP contribution in [0.25, 0.3) is 0 Å². The quantitative estimate of drug-likeness (QED) is 0.497. The summed E-state index contributed by atoms with van der Waals surface area (Å²) in [6.45, 7) is 9.00. The zero-order valence-electron chi connectivity index (χ0n) is 16.6. The predicted molar refractivity (Wildman–Crippen MR) is 104 cm³/mol. The minimum atomic E-state index is -0.372. The van der Waals surface area contributed by atoms with Crippen molar-refractivity contribution in [2.75, 3.05) is 44.8 Å². The van der Waals surface area contributed by atoms with Crippen molar-refractivity contribution in [3.8, 4) is 0 Å². The third-order valence-corrected chi connectivity index (χ3v) is 5.10. The fourth-order valence-corrected chi connectivity index (χ4v) is 3.69. The van der Waals surface area contributed by atoms with Crippen molar-refractivity contribution >= 4 is 11.4 Å². The van der Waals surface area contributed by atoms with E-state index in [9.17, 15) is 10.1 Å². The van der Waals surface area contributed by atoms with Gasteiger partial charge in [-0.15, -0.1) is 5.10 Å². The molecule has 2 heterocycles. The highest BCUT2D eigenvalue weighted by Crippen LogP contribution is 2.29. The summed E-state index contributed by atoms with van der Waals surface area (Å²) in [5.41, 5.74) is 1.13. The second-order valence-electron chi connectivity index (χ2n) is 7.24. The van der Waals surface area contributed by atoms with Crippen LogP contribution in [-0.2, 0) is 11.3 Å². The number of tetrazole rings is 1. The standard InChI is InChI=1S/C18H27N7O3/c1-14(2)17(18-19-20-21-24(18)12-13-28-3)23-10-8-22(9-11-23)15-4-6-16(7-5-15)25(26)27/h4-7,14,17H,8-13H2,1-3H3. The van der Waals surface area contributed by atoms with Crippen LogP contribution in [0.4, 0.5) is 11.4 Å². The first-order valence-electron chi connectivity index (χ1n) is 9.49. The molecule has 10 nitrogen and oxygen atoms in total. The van der Waals surface area contributed by atoms with Gasteiger partial charge >= 0.3 is 0 Å². The Kier molecular flexibility index (Phi) is 6.53. The maximum Gasteiger partial charge on any atom is 0.269 e. The topological polar surface area (TPSA) is 102 Å². The first kappa shape index (κ1) is 20.2. The Hall–Kier alpha value is -2.59. The molecule has 10 heteroatoms. The molecule has 0 radical (unpaired) electrons. The number of hydrogen-bond acceptors (Lipinski definition) is 8. The van der Waals surface area contributed by atoms with Crippen molar-refractivity contribution in [1.82, 2.24) is 25.1 Å². The molecule has 152 valence electrons. The summed E-state index contributed by atoms with van der Waals surface area (Å²) in [4.78, 5) is 15.1. The number of benzene rings is 1. The highest BCUT2D eigenvalue weighted by atomic mass is 16.6. The SMILES string of the molecule is COCCn1nnnc1C(C(C)C)N1CCN(c2ccc([N+](=O)[O-])cc2)CC1. The van der Waals surface area contributed by atoms with Crippen LogP contribution >= 0.6 is 0 Å². The van der Waals surface area contributed by atoms with Gasteiger partial charge in [0.2, 0.25) is 0 Å². The van der Waals surface area contributed by atoms with Crippen LogP contribution in [0.15, 0.2) is 24.3 Å². The molecule has 1 aromatic carbocycles. The van der Waals surface area contributed by atoms with E-state index in [1.807, 2.05) is 16.8 Å². The molecule has 1 unspecified atom stereocenters. The van der Waals surface area contributed by atoms with Gasteiger partial charge in [-0.3, -0.25) is 15.0 Å². The number of ether oxygens (including phenoxy) is 1. The monoisotopic (exact) mass is 389 g/mol. The second-order valence-corrected chi connectivity index (χ2v) is 7.24. The maximum atomic E-state index is 10.8. The first-order chi connectivity index (χ1) is 13.5. The van der Waals surface area contributed by atoms with Crippen molar-refractivity contribution < 1.29 is 9.66 Å². The zero-order chi connectivity index (χ0) is 20.1. The van der Waals surface area contributed by atoms with Gasteiger partial charge in [-0.1, -0.05) is 13.8 Å². The molecule has 0 amide bonds. The molecule has 0 aliphatic carbocycles. The number of anilines is 1. The van der Waals surface area contributed by atoms with Crippen LogP contribution in [0.5, 0.6) is 0 Å². The smallest absolute Gasteiger partial charge is 0.269 e. The molecule has 2 aromatic rings. The van der Waals surface area contributed by atoms with E-state index in [1.165, 1.54) is 0 Å². The molecule has 1 atom stereocenters. The molecule has 0 saturated carbocycles. The molecule has 3 rings (SSSR count). The van der Waals surface area contributed by atoms with Gasteiger partial charge in [0.25, 0.3) is 5.69 Å². The molecule has 1 aliphatic rings. The maximum absolute atomic E-state index is 10.8. The molecule has 1 aromatic heterocycles. The van der Waals surface area contributed by atoms with Gasteiger partial charge in [-0.25, -0.2) is 4.68 Å². The van der Waals surface area contributed by atoms with Gasteiger partial charge in [0, 0.05) is 51.1 Å². The van der Waals surface area contributed by atoms with Crippen molar-refractivity contribution in [3.63, 3.8) is 0 Å². The van der Waals surface area contributed by atoms with Gasteiger partial charge in [0.15, 0.2) is 5.82 Å². The normalized spacial score (nSPS) is 16.5. The summed E-state index contributed by atoms with van der Waals surface area (Å²) in [5, 5.41) is 23.1. The molecule has 1 fully saturated rings. The third kappa shape index (κ3) is 4.45. The Bertz CT molecular complexity index is 770. The molecule has 1 saturated heterocycles. The van der Waals surface area contributed by atoms with Crippen LogP contribution < -0.4 is 4.90 Å². The fraction of sp³-hybridized carbons (Fsp3) is 0.611. The summed E-state index contributed by atoms with van der Waals surface area (Å²) in [5.74, 6) is 1.23. The lowest BCUT2D eigenvalue weighted by atomic mass is 10.0. The lowest BCUT2D eigenvalue weighted by Gasteiger charge is -2.41. The number of piperazine rings is 1. The molecule has 28 heavy (non-hydrogen) atoms. The van der Waals surface area contributed by atoms with Crippen molar-refractivity contribution in [3.05, 3.63) is 40.2 Å². The van der Waals surface area contributed by atoms with E-state index in [-0.39, 0.29) is 16.7 Å². The Labute approximate surface area is 164 Å². The summed E-state index contributed by atoms with van der Waals surface area (Å²) in [6.07, 6.45) is 0. The predicted octanol–water partition coefficient (Wildman–Crippen LogP) is 1.75. The molecule has 0 bridgehead atoms. The first-order valence-corrected chi connectivity index (χ1v) is 9.49. The van der Waals surface area contributed by atoms with Crippen LogP contribution in [0.1, 0.15) is 25.7 Å². The van der Waals surface area contributed by atoms with Gasteiger partial charge in [-0.2, -0.15) is 0 Å². The van der Waals surface area contributed by atoms with Crippen LogP contribution in [0.2, 0.25) is 0 Å². The summed E-state index contributed by atoms with van der Waals surface area (Å²) < 4.78 is 6.99. The number of aromatic nitrogens is 4. The molecule has 0 N–H and O–H groups in total. The van der Waals surface area contributed by atoms with Gasteiger partial charge in [0.05, 0.1) is 24.1 Å². The van der Waals surface area contributed by atoms with Crippen molar-refractivity contribution in [2.45, 2.75) is 26.4 Å². The van der Waals surface area contributed by atoms with E-state index in [0.29, 0.717) is 19.1 Å². The molecule has 1 aliphatic heterocycles. The Balaban J connectivity index is 1.68. The molecule has 0 spiro atoms. The Morgan fingerprint density at radius 3 is 2.43 bits per heavy atom. The Morgan fingerprint density at radius 1 is 1.18 bits per heavy atom. The second kappa shape index (κ2) is 9.07. The van der Waals surface area contributed by atoms with Crippen molar-refractivity contribution in [2.24, 2.45) is 5.92 Å². The minimum Gasteiger partial charge on any atom is -0.383 e. The third-order valence-electron chi connectivity index (χ3n) is 5.10. The zero-order valence-corrected chi connectivity index (χ0v) is 16.6. The number of non-ortho nitro benzene ring substituents is 1. The highest BCUT2D eigenvalue weighted by Gasteiger charge is 2.31. The highest BCUT2D eigenvalue weighted by molar-refractivity contribution is 5.51. The van der Waals surface area contributed by atoms with Crippen LogP contribution in [0, 0.1) is 16.0 Å². The van der Waals surface area contributed by atoms with E-state index in [1.54, 1.807) is 19.2 Å². The van der Waals surface area contributed by atoms with E-state index < -0.39 is 0 Å². The largest absolute Gasteiger partial charge is 0.383 e. The van der Waals surface area contributed by atoms with Crippen LogP contribution in [0.3, 0.4) is 0 Å². The number of nitro groups is 1. The van der Waals surface area contributed by atoms with Crippen molar-refractivity contribution in [1.29, 1.82) is 0 Å². The van der Waals surface area contributed by atoms with Gasteiger partial charge < -0.3 is 9.64 Å². The number of nitro benzene ring substituents is 1. The Morgan fingerprint density at radius 2 is 1.86 bits per heavy atom. The van der Waals surface area contributed by atoms with Gasteiger partial charge in [-0.05, 0) is 28.5 Å². The average Bonchev–Trinajstić information content (AvgIpc) is 3.15. The molecular formula is C18H27N7O3. The van der Waals surface area contributed by atoms with Gasteiger partial charge in [0.1, 0.15) is 0 Å². The van der Waals surface area contributed by atoms with E-state index in [4.69, 9.17) is 4.74 Å². The lowest BCUT2D eigenvalue weighted by molar-refractivity contribution is -0.384. The summed E-state index contributed by atoms with van der Waals surface area (Å²) in [6, 6.07) is 6.88. The number of hydrogen-bond donors (Lipinski definition) is 0. The van der Waals surface area contributed by atoms with Crippen LogP contribution in [-0.4, -0.2) is 69.9 Å². The fourth-order valence-electron chi connectivity index (χ4n) is 3.69. The van der Waals surface area contributed by atoms with E-state index in [2.05, 4.69) is 39.2 Å². The number of rotatable bonds is 8. The summed E-state index contributed by atoms with van der Waals surface area (Å²) in [7, 11) is 1.67. The van der Waals surface area contributed by atoms with E-state index in [0.717, 1.165) is 37.7 Å². The molecular weight excluding hydrogens is 362 g/mol. The number of nitrogens with zero attached hydrogens (tertiary/aromatic N) is 7. The minimum absolute atomic E-state index is 0.116. The number of methoxy groups -OCH3 is 1. The lowest BCUT2D eigenvalue weighted by Crippen LogP contribution is -2.49. The average molecular weight is 389 g/mol. The summed E-state index contributed by atoms with van der Waals surface area (Å²) >= 11 is 0.